The fourth-order valence-electron chi connectivity index (χ4n) is 3.94. The Morgan fingerprint density at radius 2 is 2.12 bits per heavy atom. The third-order valence-electron chi connectivity index (χ3n) is 5.13. The molecule has 0 unspecified atom stereocenters. The number of fused-ring (bicyclic) bond motifs is 1. The molecule has 0 spiro atoms. The van der Waals surface area contributed by atoms with Gasteiger partial charge in [-0.15, -0.1) is 0 Å². The minimum atomic E-state index is -0.213. The average molecular weight is 331 g/mol. The van der Waals surface area contributed by atoms with E-state index in [0.717, 1.165) is 43.2 Å². The van der Waals surface area contributed by atoms with E-state index in [1.54, 1.807) is 19.1 Å². The molecule has 24 heavy (non-hydrogen) atoms. The minimum absolute atomic E-state index is 0.0792. The molecule has 2 atom stereocenters. The molecule has 0 radical (unpaired) electrons. The number of likely N-dealkylation sites (tertiary alicyclic amines) is 1. The molecule has 0 saturated carbocycles. The molecule has 1 heterocycles. The molecule has 5 nitrogen and oxygen atoms in total. The van der Waals surface area contributed by atoms with Gasteiger partial charge in [0, 0.05) is 13.1 Å². The van der Waals surface area contributed by atoms with Gasteiger partial charge >= 0.3 is 5.97 Å². The molecule has 5 heteroatoms. The van der Waals surface area contributed by atoms with Crippen molar-refractivity contribution in [2.75, 3.05) is 19.7 Å². The van der Waals surface area contributed by atoms with Gasteiger partial charge in [-0.25, -0.2) is 0 Å². The quantitative estimate of drug-likeness (QED) is 0.865. The molecule has 1 fully saturated rings. The van der Waals surface area contributed by atoms with Crippen LogP contribution in [0.5, 0.6) is 5.75 Å². The number of ether oxygens (including phenoxy) is 1. The molecule has 2 aliphatic rings. The molecular formula is C19H25NO4. The van der Waals surface area contributed by atoms with Crippen molar-refractivity contribution in [2.24, 2.45) is 5.92 Å². The summed E-state index contributed by atoms with van der Waals surface area (Å²) >= 11 is 0. The lowest BCUT2D eigenvalue weighted by Gasteiger charge is -2.35. The summed E-state index contributed by atoms with van der Waals surface area (Å²) in [5.74, 6) is -0.253. The lowest BCUT2D eigenvalue weighted by molar-refractivity contribution is -0.151. The van der Waals surface area contributed by atoms with Crippen LogP contribution in [0.25, 0.3) is 0 Å². The highest BCUT2D eigenvalue weighted by Crippen LogP contribution is 2.37. The summed E-state index contributed by atoms with van der Waals surface area (Å²) < 4.78 is 5.12. The first-order chi connectivity index (χ1) is 11.6. The largest absolute Gasteiger partial charge is 0.508 e. The first-order valence-corrected chi connectivity index (χ1v) is 8.88. The zero-order valence-corrected chi connectivity index (χ0v) is 14.2. The second-order valence-corrected chi connectivity index (χ2v) is 6.67. The van der Waals surface area contributed by atoms with Crippen molar-refractivity contribution in [3.05, 3.63) is 29.3 Å². The predicted molar refractivity (Wildman–Crippen MR) is 89.7 cm³/mol. The Bertz CT molecular complexity index is 628. The van der Waals surface area contributed by atoms with Gasteiger partial charge in [-0.2, -0.15) is 0 Å². The van der Waals surface area contributed by atoms with Crippen molar-refractivity contribution < 1.29 is 19.4 Å². The number of hydrogen-bond acceptors (Lipinski definition) is 4. The molecule has 1 aliphatic carbocycles. The topological polar surface area (TPSA) is 66.8 Å². The van der Waals surface area contributed by atoms with Crippen molar-refractivity contribution in [3.63, 3.8) is 0 Å². The van der Waals surface area contributed by atoms with Crippen LogP contribution in [0.15, 0.2) is 18.2 Å². The number of hydrogen-bond donors (Lipinski definition) is 1. The van der Waals surface area contributed by atoms with Crippen LogP contribution in [0.4, 0.5) is 0 Å². The number of benzene rings is 1. The summed E-state index contributed by atoms with van der Waals surface area (Å²) in [6, 6.07) is 5.43. The molecular weight excluding hydrogens is 306 g/mol. The Morgan fingerprint density at radius 1 is 1.29 bits per heavy atom. The molecule has 1 aromatic rings. The van der Waals surface area contributed by atoms with Crippen LogP contribution in [0.1, 0.15) is 49.7 Å². The fraction of sp³-hybridized carbons (Fsp3) is 0.579. The van der Waals surface area contributed by atoms with E-state index < -0.39 is 0 Å². The lowest BCUT2D eigenvalue weighted by Crippen LogP contribution is -2.45. The number of nitrogens with zero attached hydrogens (tertiary/aromatic N) is 1. The molecule has 3 rings (SSSR count). The van der Waals surface area contributed by atoms with Gasteiger partial charge in [0.1, 0.15) is 5.75 Å². The first kappa shape index (κ1) is 16.8. The molecule has 1 amide bonds. The Morgan fingerprint density at radius 3 is 2.92 bits per heavy atom. The highest BCUT2D eigenvalue weighted by atomic mass is 16.5. The molecule has 1 N–H and O–H groups in total. The summed E-state index contributed by atoms with van der Waals surface area (Å²) in [5, 5.41) is 10.1. The van der Waals surface area contributed by atoms with Crippen LogP contribution in [0.2, 0.25) is 0 Å². The highest BCUT2D eigenvalue weighted by Gasteiger charge is 2.35. The molecule has 0 bridgehead atoms. The van der Waals surface area contributed by atoms with E-state index in [1.807, 2.05) is 11.0 Å². The zero-order chi connectivity index (χ0) is 17.1. The molecule has 1 saturated heterocycles. The number of carbonyl (C=O) groups excluding carboxylic acids is 2. The molecule has 0 aromatic heterocycles. The maximum Gasteiger partial charge on any atom is 0.310 e. The van der Waals surface area contributed by atoms with Crippen molar-refractivity contribution in [3.8, 4) is 5.75 Å². The summed E-state index contributed by atoms with van der Waals surface area (Å²) in [4.78, 5) is 26.9. The average Bonchev–Trinajstić information content (AvgIpc) is 2.61. The van der Waals surface area contributed by atoms with Gasteiger partial charge in [0.05, 0.1) is 18.4 Å². The van der Waals surface area contributed by atoms with Gasteiger partial charge in [0.15, 0.2) is 0 Å². The van der Waals surface area contributed by atoms with Gasteiger partial charge in [0.25, 0.3) is 0 Å². The summed E-state index contributed by atoms with van der Waals surface area (Å²) in [6.45, 7) is 3.31. The van der Waals surface area contributed by atoms with Gasteiger partial charge in [0.2, 0.25) is 5.91 Å². The maximum atomic E-state index is 13.0. The van der Waals surface area contributed by atoms with Crippen molar-refractivity contribution in [1.82, 2.24) is 4.90 Å². The highest BCUT2D eigenvalue weighted by molar-refractivity contribution is 5.85. The number of phenols is 1. The maximum absolute atomic E-state index is 13.0. The van der Waals surface area contributed by atoms with Gasteiger partial charge in [-0.3, -0.25) is 9.59 Å². The van der Waals surface area contributed by atoms with E-state index in [4.69, 9.17) is 4.74 Å². The van der Waals surface area contributed by atoms with E-state index in [9.17, 15) is 14.7 Å². The number of aromatic hydroxyl groups is 1. The van der Waals surface area contributed by atoms with Gasteiger partial charge in [-0.1, -0.05) is 12.1 Å². The van der Waals surface area contributed by atoms with E-state index in [2.05, 4.69) is 0 Å². The monoisotopic (exact) mass is 331 g/mol. The van der Waals surface area contributed by atoms with Crippen molar-refractivity contribution in [2.45, 2.75) is 44.9 Å². The third kappa shape index (κ3) is 3.25. The SMILES string of the molecule is CCOC(=O)[C@H]1CCCN(C(=O)[C@H]2CCCc3c(O)cccc32)C1. The second kappa shape index (κ2) is 7.24. The fourth-order valence-corrected chi connectivity index (χ4v) is 3.94. The van der Waals surface area contributed by atoms with E-state index in [1.165, 1.54) is 0 Å². The first-order valence-electron chi connectivity index (χ1n) is 8.88. The number of esters is 1. The Hall–Kier alpha value is -2.04. The number of amides is 1. The second-order valence-electron chi connectivity index (χ2n) is 6.67. The van der Waals surface area contributed by atoms with Crippen LogP contribution in [-0.2, 0) is 20.7 Å². The number of phenolic OH excluding ortho intramolecular Hbond substituents is 1. The zero-order valence-electron chi connectivity index (χ0n) is 14.2. The van der Waals surface area contributed by atoms with Crippen LogP contribution in [-0.4, -0.2) is 41.6 Å². The third-order valence-corrected chi connectivity index (χ3v) is 5.13. The molecule has 130 valence electrons. The summed E-state index contributed by atoms with van der Waals surface area (Å²) in [5.41, 5.74) is 1.85. The van der Waals surface area contributed by atoms with Gasteiger partial charge < -0.3 is 14.7 Å². The standard InChI is InChI=1S/C19H25NO4/c1-2-24-19(23)13-6-5-11-20(12-13)18(22)16-9-3-8-15-14(16)7-4-10-17(15)21/h4,7,10,13,16,21H,2-3,5-6,8-9,11-12H2,1H3/t13-,16-/m0/s1. The number of rotatable bonds is 3. The summed E-state index contributed by atoms with van der Waals surface area (Å²) in [7, 11) is 0. The van der Waals surface area contributed by atoms with E-state index in [0.29, 0.717) is 19.7 Å². The van der Waals surface area contributed by atoms with Crippen LogP contribution in [0.3, 0.4) is 0 Å². The van der Waals surface area contributed by atoms with Crippen LogP contribution >= 0.6 is 0 Å². The smallest absolute Gasteiger partial charge is 0.310 e. The molecule has 1 aromatic carbocycles. The van der Waals surface area contributed by atoms with Crippen molar-refractivity contribution in [1.29, 1.82) is 0 Å². The molecule has 1 aliphatic heterocycles. The lowest BCUT2D eigenvalue weighted by atomic mass is 9.81. The van der Waals surface area contributed by atoms with Crippen molar-refractivity contribution >= 4 is 11.9 Å². The van der Waals surface area contributed by atoms with Crippen LogP contribution in [0, 0.1) is 5.92 Å². The Kier molecular flexibility index (Phi) is 5.07. The van der Waals surface area contributed by atoms with Gasteiger partial charge in [-0.05, 0) is 56.2 Å². The van der Waals surface area contributed by atoms with Crippen LogP contribution < -0.4 is 0 Å². The Balaban J connectivity index is 1.75. The number of carbonyl (C=O) groups is 2. The normalized spacial score (nSPS) is 23.5. The van der Waals surface area contributed by atoms with E-state index >= 15 is 0 Å². The summed E-state index contributed by atoms with van der Waals surface area (Å²) in [6.07, 6.45) is 4.13. The van der Waals surface area contributed by atoms with E-state index in [-0.39, 0.29) is 29.5 Å². The minimum Gasteiger partial charge on any atom is -0.508 e. The Labute approximate surface area is 142 Å². The predicted octanol–water partition coefficient (Wildman–Crippen LogP) is 2.61. The number of piperidine rings is 1.